The van der Waals surface area contributed by atoms with Crippen LogP contribution in [0, 0.1) is 5.82 Å². The second kappa shape index (κ2) is 9.88. The average Bonchev–Trinajstić information content (AvgIpc) is 2.86. The van der Waals surface area contributed by atoms with Gasteiger partial charge in [0, 0.05) is 16.8 Å². The summed E-state index contributed by atoms with van der Waals surface area (Å²) in [5, 5.41) is 12.8. The summed E-state index contributed by atoms with van der Waals surface area (Å²) in [6.45, 7) is 0. The summed E-state index contributed by atoms with van der Waals surface area (Å²) in [6.07, 6.45) is 0. The Kier molecular flexibility index (Phi) is 6.71. The lowest BCUT2D eigenvalue weighted by Gasteiger charge is -2.12. The number of anilines is 2. The molecule has 8 nitrogen and oxygen atoms in total. The summed E-state index contributed by atoms with van der Waals surface area (Å²) >= 11 is 0. The van der Waals surface area contributed by atoms with Crippen LogP contribution >= 0.6 is 0 Å². The van der Waals surface area contributed by atoms with E-state index in [0.717, 1.165) is 35.4 Å². The van der Waals surface area contributed by atoms with E-state index in [1.54, 1.807) is 48.5 Å². The van der Waals surface area contributed by atoms with Gasteiger partial charge in [-0.1, -0.05) is 24.3 Å². The summed E-state index contributed by atoms with van der Waals surface area (Å²) in [7, 11) is -4.10. The zero-order valence-electron chi connectivity index (χ0n) is 18.6. The number of aromatic hydroxyl groups is 1. The number of hydrogen-bond acceptors (Lipinski definition) is 5. The van der Waals surface area contributed by atoms with Crippen molar-refractivity contribution in [3.63, 3.8) is 0 Å². The van der Waals surface area contributed by atoms with E-state index in [1.807, 2.05) is 0 Å². The van der Waals surface area contributed by atoms with E-state index in [-0.39, 0.29) is 22.0 Å². The zero-order valence-corrected chi connectivity index (χ0v) is 19.4. The molecule has 5 N–H and O–H groups in total. The Bertz CT molecular complexity index is 1540. The van der Waals surface area contributed by atoms with Crippen LogP contribution in [0.3, 0.4) is 0 Å². The Hall–Kier alpha value is -4.70. The lowest BCUT2D eigenvalue weighted by molar-refractivity contribution is 0.0997. The quantitative estimate of drug-likeness (QED) is 0.218. The van der Waals surface area contributed by atoms with Crippen molar-refractivity contribution in [2.75, 3.05) is 10.0 Å². The molecule has 0 saturated carbocycles. The van der Waals surface area contributed by atoms with Crippen LogP contribution in [0.25, 0.3) is 11.1 Å². The first-order chi connectivity index (χ1) is 17.1. The molecule has 0 aliphatic heterocycles. The van der Waals surface area contributed by atoms with Crippen LogP contribution < -0.4 is 15.8 Å². The number of carbonyl (C=O) groups excluding carboxylic acids is 2. The number of nitrogens with two attached hydrogens (primary N) is 1. The van der Waals surface area contributed by atoms with Gasteiger partial charge in [0.25, 0.3) is 15.9 Å². The predicted octanol–water partition coefficient (Wildman–Crippen LogP) is 4.35. The van der Waals surface area contributed by atoms with Gasteiger partial charge in [0.1, 0.15) is 11.6 Å². The van der Waals surface area contributed by atoms with Crippen LogP contribution in [-0.4, -0.2) is 25.3 Å². The van der Waals surface area contributed by atoms with Crippen molar-refractivity contribution in [1.82, 2.24) is 0 Å². The maximum Gasteiger partial charge on any atom is 0.262 e. The van der Waals surface area contributed by atoms with Gasteiger partial charge in [-0.05, 0) is 77.9 Å². The van der Waals surface area contributed by atoms with Gasteiger partial charge in [-0.25, -0.2) is 12.8 Å². The number of benzene rings is 4. The molecule has 0 aliphatic rings. The topological polar surface area (TPSA) is 139 Å². The molecule has 0 bridgehead atoms. The van der Waals surface area contributed by atoms with Crippen LogP contribution in [0.2, 0.25) is 0 Å². The Balaban J connectivity index is 1.48. The number of nitrogens with one attached hydrogen (secondary N) is 2. The lowest BCUT2D eigenvalue weighted by atomic mass is 10.0. The van der Waals surface area contributed by atoms with Crippen molar-refractivity contribution >= 4 is 33.2 Å². The summed E-state index contributed by atoms with van der Waals surface area (Å²) in [5.74, 6) is -1.92. The molecule has 4 rings (SSSR count). The molecule has 0 heterocycles. The third-order valence-corrected chi connectivity index (χ3v) is 6.65. The average molecular weight is 506 g/mol. The molecule has 2 amide bonds. The van der Waals surface area contributed by atoms with Gasteiger partial charge in [-0.15, -0.1) is 0 Å². The fourth-order valence-corrected chi connectivity index (χ4v) is 4.42. The highest BCUT2D eigenvalue weighted by Gasteiger charge is 2.17. The van der Waals surface area contributed by atoms with E-state index in [1.165, 1.54) is 18.2 Å². The van der Waals surface area contributed by atoms with Crippen LogP contribution in [0.4, 0.5) is 15.8 Å². The van der Waals surface area contributed by atoms with Gasteiger partial charge in [0.2, 0.25) is 5.91 Å². The lowest BCUT2D eigenvalue weighted by Crippen LogP contribution is -2.14. The van der Waals surface area contributed by atoms with Gasteiger partial charge in [0.05, 0.1) is 10.6 Å². The third-order valence-electron chi connectivity index (χ3n) is 5.27. The minimum absolute atomic E-state index is 0.160. The SMILES string of the molecule is NC(=O)c1ccc(-c2ccc(C(=O)Nc3ccc(O)c(NS(=O)(=O)c4ccc(F)cc4)c3)cc2)cc1. The Morgan fingerprint density at radius 2 is 1.33 bits per heavy atom. The largest absolute Gasteiger partial charge is 0.506 e. The van der Waals surface area contributed by atoms with Gasteiger partial charge < -0.3 is 16.2 Å². The van der Waals surface area contributed by atoms with Gasteiger partial charge in [0.15, 0.2) is 0 Å². The number of halogens is 1. The number of carbonyl (C=O) groups is 2. The van der Waals surface area contributed by atoms with Crippen LogP contribution in [0.1, 0.15) is 20.7 Å². The Labute approximate surface area is 206 Å². The van der Waals surface area contributed by atoms with Crippen molar-refractivity contribution in [3.8, 4) is 16.9 Å². The fourth-order valence-electron chi connectivity index (χ4n) is 3.36. The summed E-state index contributed by atoms with van der Waals surface area (Å²) in [4.78, 5) is 23.7. The zero-order chi connectivity index (χ0) is 25.9. The second-order valence-electron chi connectivity index (χ2n) is 7.76. The first kappa shape index (κ1) is 24.4. The summed E-state index contributed by atoms with van der Waals surface area (Å²) in [6, 6.07) is 21.6. The third kappa shape index (κ3) is 5.50. The van der Waals surface area contributed by atoms with Crippen molar-refractivity contribution in [1.29, 1.82) is 0 Å². The van der Waals surface area contributed by atoms with E-state index in [9.17, 15) is 27.5 Å². The summed E-state index contributed by atoms with van der Waals surface area (Å²) in [5.41, 5.74) is 7.73. The van der Waals surface area contributed by atoms with E-state index < -0.39 is 27.7 Å². The smallest absolute Gasteiger partial charge is 0.262 e. The number of sulfonamides is 1. The van der Waals surface area contributed by atoms with Gasteiger partial charge in [-0.2, -0.15) is 0 Å². The molecular formula is C26H20FN3O5S. The monoisotopic (exact) mass is 505 g/mol. The Morgan fingerprint density at radius 3 is 1.89 bits per heavy atom. The molecule has 10 heteroatoms. The van der Waals surface area contributed by atoms with Crippen molar-refractivity contribution in [2.24, 2.45) is 5.73 Å². The molecular weight excluding hydrogens is 485 g/mol. The van der Waals surface area contributed by atoms with Crippen molar-refractivity contribution < 1.29 is 27.5 Å². The summed E-state index contributed by atoms with van der Waals surface area (Å²) < 4.78 is 40.5. The molecule has 0 saturated heterocycles. The number of phenolic OH excluding ortho intramolecular Hbond substituents is 1. The fraction of sp³-hybridized carbons (Fsp3) is 0. The molecule has 182 valence electrons. The van der Waals surface area contributed by atoms with Crippen LogP contribution in [-0.2, 0) is 10.0 Å². The van der Waals surface area contributed by atoms with Gasteiger partial charge in [-0.3, -0.25) is 14.3 Å². The maximum absolute atomic E-state index is 13.1. The molecule has 0 aliphatic carbocycles. The molecule has 0 fully saturated rings. The highest BCUT2D eigenvalue weighted by Crippen LogP contribution is 2.29. The molecule has 4 aromatic carbocycles. The molecule has 0 atom stereocenters. The molecule has 36 heavy (non-hydrogen) atoms. The van der Waals surface area contributed by atoms with Crippen LogP contribution in [0.5, 0.6) is 5.75 Å². The molecule has 0 radical (unpaired) electrons. The Morgan fingerprint density at radius 1 is 0.778 bits per heavy atom. The van der Waals surface area contributed by atoms with Crippen molar-refractivity contribution in [2.45, 2.75) is 4.90 Å². The number of amides is 2. The number of phenols is 1. The number of hydrogen-bond donors (Lipinski definition) is 4. The second-order valence-corrected chi connectivity index (χ2v) is 9.45. The number of primary amides is 1. The minimum Gasteiger partial charge on any atom is -0.506 e. The standard InChI is InChI=1S/C26H20FN3O5S/c27-20-9-12-22(13-10-20)36(34,35)30-23-15-21(11-14-24(23)31)29-26(33)19-7-3-17(4-8-19)16-1-5-18(6-2-16)25(28)32/h1-15,30-31H,(H2,28,32)(H,29,33). The molecule has 0 unspecified atom stereocenters. The molecule has 0 aromatic heterocycles. The predicted molar refractivity (Wildman–Crippen MR) is 134 cm³/mol. The van der Waals surface area contributed by atoms with E-state index in [4.69, 9.17) is 5.73 Å². The normalized spacial score (nSPS) is 11.0. The van der Waals surface area contributed by atoms with E-state index in [0.29, 0.717) is 11.1 Å². The molecule has 0 spiro atoms. The number of rotatable bonds is 7. The van der Waals surface area contributed by atoms with E-state index >= 15 is 0 Å². The maximum atomic E-state index is 13.1. The van der Waals surface area contributed by atoms with Gasteiger partial charge >= 0.3 is 0 Å². The van der Waals surface area contributed by atoms with Crippen LogP contribution in [0.15, 0.2) is 95.9 Å². The minimum atomic E-state index is -4.10. The van der Waals surface area contributed by atoms with E-state index in [2.05, 4.69) is 10.0 Å². The highest BCUT2D eigenvalue weighted by molar-refractivity contribution is 7.92. The first-order valence-electron chi connectivity index (χ1n) is 10.6. The first-order valence-corrected chi connectivity index (χ1v) is 12.0. The molecule has 4 aromatic rings. The van der Waals surface area contributed by atoms with Crippen molar-refractivity contribution in [3.05, 3.63) is 108 Å². The highest BCUT2D eigenvalue weighted by atomic mass is 32.2.